The van der Waals surface area contributed by atoms with E-state index in [1.807, 2.05) is 0 Å². The van der Waals surface area contributed by atoms with Gasteiger partial charge in [0, 0.05) is 24.7 Å². The standard InChI is InChI=1S/C15H16F4N2O/c16-9-5-10(17)7-11(6-9)21-4-3-14(13(21)22)1-2-15(18,19)12(20)8-14/h5-7,12H,1-4,8,20H2. The van der Waals surface area contributed by atoms with Gasteiger partial charge in [-0.2, -0.15) is 0 Å². The molecule has 2 fully saturated rings. The number of anilines is 1. The molecule has 2 N–H and O–H groups in total. The highest BCUT2D eigenvalue weighted by atomic mass is 19.3. The van der Waals surface area contributed by atoms with Crippen LogP contribution >= 0.6 is 0 Å². The third-order valence-corrected chi connectivity index (χ3v) is 4.76. The number of nitrogens with two attached hydrogens (primary N) is 1. The maximum absolute atomic E-state index is 13.5. The molecule has 7 heteroatoms. The fourth-order valence-electron chi connectivity index (χ4n) is 3.45. The molecule has 1 aromatic rings. The average molecular weight is 316 g/mol. The summed E-state index contributed by atoms with van der Waals surface area (Å²) in [5.41, 5.74) is 4.70. The van der Waals surface area contributed by atoms with Gasteiger partial charge in [-0.1, -0.05) is 0 Å². The minimum absolute atomic E-state index is 0.0425. The van der Waals surface area contributed by atoms with Gasteiger partial charge < -0.3 is 10.6 Å². The quantitative estimate of drug-likeness (QED) is 0.810. The third-order valence-electron chi connectivity index (χ3n) is 4.76. The summed E-state index contributed by atoms with van der Waals surface area (Å²) in [6, 6.07) is 1.49. The summed E-state index contributed by atoms with van der Waals surface area (Å²) in [6.45, 7) is 0.250. The van der Waals surface area contributed by atoms with Gasteiger partial charge in [-0.25, -0.2) is 17.6 Å². The molecule has 1 saturated heterocycles. The Morgan fingerprint density at radius 1 is 1.09 bits per heavy atom. The molecule has 1 amide bonds. The number of hydrogen-bond acceptors (Lipinski definition) is 2. The van der Waals surface area contributed by atoms with Crippen molar-refractivity contribution in [2.75, 3.05) is 11.4 Å². The number of nitrogens with zero attached hydrogens (tertiary/aromatic N) is 1. The van der Waals surface area contributed by atoms with Crippen LogP contribution in [-0.4, -0.2) is 24.4 Å². The van der Waals surface area contributed by atoms with E-state index in [0.717, 1.165) is 18.2 Å². The fraction of sp³-hybridized carbons (Fsp3) is 0.533. The predicted octanol–water partition coefficient (Wildman–Crippen LogP) is 2.83. The van der Waals surface area contributed by atoms with Gasteiger partial charge >= 0.3 is 0 Å². The van der Waals surface area contributed by atoms with Crippen LogP contribution in [0.2, 0.25) is 0 Å². The first-order valence-corrected chi connectivity index (χ1v) is 7.15. The van der Waals surface area contributed by atoms with Gasteiger partial charge in [-0.15, -0.1) is 0 Å². The van der Waals surface area contributed by atoms with Crippen LogP contribution in [0.15, 0.2) is 18.2 Å². The van der Waals surface area contributed by atoms with E-state index in [4.69, 9.17) is 5.73 Å². The summed E-state index contributed by atoms with van der Waals surface area (Å²) in [7, 11) is 0. The van der Waals surface area contributed by atoms with E-state index in [-0.39, 0.29) is 31.0 Å². The van der Waals surface area contributed by atoms with Gasteiger partial charge in [-0.3, -0.25) is 4.79 Å². The zero-order chi connectivity index (χ0) is 16.1. The highest BCUT2D eigenvalue weighted by Gasteiger charge is 2.56. The predicted molar refractivity (Wildman–Crippen MR) is 72.5 cm³/mol. The lowest BCUT2D eigenvalue weighted by atomic mass is 9.70. The van der Waals surface area contributed by atoms with Crippen LogP contribution < -0.4 is 10.6 Å². The summed E-state index contributed by atoms with van der Waals surface area (Å²) in [6.07, 6.45) is -0.132. The van der Waals surface area contributed by atoms with Crippen molar-refractivity contribution in [1.82, 2.24) is 0 Å². The smallest absolute Gasteiger partial charge is 0.262 e. The van der Waals surface area contributed by atoms with Crippen LogP contribution in [-0.2, 0) is 4.79 Å². The van der Waals surface area contributed by atoms with Crippen LogP contribution in [0, 0.1) is 17.0 Å². The summed E-state index contributed by atoms with van der Waals surface area (Å²) >= 11 is 0. The van der Waals surface area contributed by atoms with E-state index in [1.165, 1.54) is 4.90 Å². The summed E-state index contributed by atoms with van der Waals surface area (Å²) < 4.78 is 53.7. The second kappa shape index (κ2) is 4.94. The normalized spacial score (nSPS) is 31.0. The van der Waals surface area contributed by atoms with Gasteiger partial charge in [0.15, 0.2) is 0 Å². The highest BCUT2D eigenvalue weighted by molar-refractivity contribution is 6.00. The number of amides is 1. The molecule has 2 atom stereocenters. The largest absolute Gasteiger partial charge is 0.323 e. The molecule has 1 saturated carbocycles. The molecule has 2 aliphatic rings. The highest BCUT2D eigenvalue weighted by Crippen LogP contribution is 2.49. The molecule has 3 rings (SSSR count). The maximum atomic E-state index is 13.5. The van der Waals surface area contributed by atoms with E-state index < -0.39 is 35.4 Å². The molecule has 1 aliphatic heterocycles. The second-order valence-electron chi connectivity index (χ2n) is 6.19. The Balaban J connectivity index is 1.86. The molecule has 3 nitrogen and oxygen atoms in total. The number of halogens is 4. The van der Waals surface area contributed by atoms with E-state index in [1.54, 1.807) is 0 Å². The molecule has 1 heterocycles. The van der Waals surface area contributed by atoms with Crippen LogP contribution in [0.25, 0.3) is 0 Å². The summed E-state index contributed by atoms with van der Waals surface area (Å²) in [5, 5.41) is 0. The minimum Gasteiger partial charge on any atom is -0.323 e. The number of rotatable bonds is 1. The molecule has 120 valence electrons. The Morgan fingerprint density at radius 2 is 1.73 bits per heavy atom. The molecule has 1 spiro atoms. The molecule has 0 radical (unpaired) electrons. The Bertz CT molecular complexity index is 601. The Labute approximate surface area is 125 Å². The van der Waals surface area contributed by atoms with Crippen molar-refractivity contribution in [2.45, 2.75) is 37.6 Å². The second-order valence-corrected chi connectivity index (χ2v) is 6.19. The fourth-order valence-corrected chi connectivity index (χ4v) is 3.45. The molecule has 0 aromatic heterocycles. The maximum Gasteiger partial charge on any atom is 0.262 e. The minimum atomic E-state index is -2.97. The molecule has 0 bridgehead atoms. The molecule has 2 unspecified atom stereocenters. The van der Waals surface area contributed by atoms with E-state index in [9.17, 15) is 22.4 Å². The van der Waals surface area contributed by atoms with Crippen molar-refractivity contribution >= 4 is 11.6 Å². The first kappa shape index (κ1) is 15.3. The number of carbonyl (C=O) groups excluding carboxylic acids is 1. The molecular formula is C15H16F4N2O. The van der Waals surface area contributed by atoms with Crippen molar-refractivity contribution in [3.8, 4) is 0 Å². The lowest BCUT2D eigenvalue weighted by molar-refractivity contribution is -0.135. The topological polar surface area (TPSA) is 46.3 Å². The van der Waals surface area contributed by atoms with Crippen LogP contribution in [0.3, 0.4) is 0 Å². The molecule has 22 heavy (non-hydrogen) atoms. The van der Waals surface area contributed by atoms with Gasteiger partial charge in [0.05, 0.1) is 11.5 Å². The van der Waals surface area contributed by atoms with Crippen LogP contribution in [0.1, 0.15) is 25.7 Å². The molecule has 1 aliphatic carbocycles. The Morgan fingerprint density at radius 3 is 2.32 bits per heavy atom. The Hall–Kier alpha value is -1.63. The van der Waals surface area contributed by atoms with Crippen molar-refractivity contribution in [3.05, 3.63) is 29.8 Å². The van der Waals surface area contributed by atoms with E-state index in [2.05, 4.69) is 0 Å². The first-order valence-electron chi connectivity index (χ1n) is 7.15. The third kappa shape index (κ3) is 2.37. The zero-order valence-electron chi connectivity index (χ0n) is 11.8. The summed E-state index contributed by atoms with van der Waals surface area (Å²) in [5.74, 6) is -4.90. The van der Waals surface area contributed by atoms with Crippen LogP contribution in [0.4, 0.5) is 23.2 Å². The summed E-state index contributed by atoms with van der Waals surface area (Å²) in [4.78, 5) is 13.9. The van der Waals surface area contributed by atoms with Gasteiger partial charge in [0.25, 0.3) is 5.92 Å². The Kier molecular flexibility index (Phi) is 3.43. The van der Waals surface area contributed by atoms with Crippen molar-refractivity contribution in [3.63, 3.8) is 0 Å². The lowest BCUT2D eigenvalue weighted by Gasteiger charge is -2.39. The van der Waals surface area contributed by atoms with E-state index >= 15 is 0 Å². The number of carbonyl (C=O) groups is 1. The van der Waals surface area contributed by atoms with Crippen molar-refractivity contribution in [1.29, 1.82) is 0 Å². The number of benzene rings is 1. The first-order chi connectivity index (χ1) is 10.2. The van der Waals surface area contributed by atoms with E-state index in [0.29, 0.717) is 6.42 Å². The van der Waals surface area contributed by atoms with Gasteiger partial charge in [0.1, 0.15) is 11.6 Å². The lowest BCUT2D eigenvalue weighted by Crippen LogP contribution is -2.52. The zero-order valence-corrected chi connectivity index (χ0v) is 11.8. The van der Waals surface area contributed by atoms with Crippen molar-refractivity contribution < 1.29 is 22.4 Å². The number of hydrogen-bond donors (Lipinski definition) is 1. The van der Waals surface area contributed by atoms with Crippen LogP contribution in [0.5, 0.6) is 0 Å². The monoisotopic (exact) mass is 316 g/mol. The SMILES string of the molecule is NC1CC2(CCN(c3cc(F)cc(F)c3)C2=O)CCC1(F)F. The average Bonchev–Trinajstić information content (AvgIpc) is 2.72. The van der Waals surface area contributed by atoms with Gasteiger partial charge in [-0.05, 0) is 31.4 Å². The molecule has 1 aromatic carbocycles. The van der Waals surface area contributed by atoms with Gasteiger partial charge in [0.2, 0.25) is 5.91 Å². The number of alkyl halides is 2. The van der Waals surface area contributed by atoms with Crippen molar-refractivity contribution in [2.24, 2.45) is 11.1 Å². The molecular weight excluding hydrogens is 300 g/mol.